The van der Waals surface area contributed by atoms with Crippen LogP contribution in [0.3, 0.4) is 0 Å². The molecule has 1 saturated heterocycles. The maximum absolute atomic E-state index is 12.8. The molecule has 2 N–H and O–H groups in total. The number of aromatic nitrogens is 3. The predicted molar refractivity (Wildman–Crippen MR) is 96.9 cm³/mol. The lowest BCUT2D eigenvalue weighted by atomic mass is 9.90. The molecule has 1 aromatic carbocycles. The number of carbonyl (C=O) groups is 1. The summed E-state index contributed by atoms with van der Waals surface area (Å²) in [6.07, 6.45) is 6.60. The van der Waals surface area contributed by atoms with E-state index in [1.807, 2.05) is 23.7 Å². The fourth-order valence-electron chi connectivity index (χ4n) is 4.03. The van der Waals surface area contributed by atoms with Gasteiger partial charge in [-0.3, -0.25) is 4.79 Å². The molecule has 4 rings (SSSR count). The van der Waals surface area contributed by atoms with E-state index < -0.39 is 0 Å². The van der Waals surface area contributed by atoms with E-state index in [0.29, 0.717) is 11.7 Å². The van der Waals surface area contributed by atoms with E-state index >= 15 is 0 Å². The largest absolute Gasteiger partial charge is 0.320 e. The SMILES string of the molecule is Cc1c(C(=O)Nc2cccc3c2CCCC3)nnn1C1CCNCC1. The highest BCUT2D eigenvalue weighted by atomic mass is 16.2. The Balaban J connectivity index is 1.55. The smallest absolute Gasteiger partial charge is 0.278 e. The molecule has 1 fully saturated rings. The molecule has 2 aliphatic rings. The summed E-state index contributed by atoms with van der Waals surface area (Å²) < 4.78 is 1.93. The summed E-state index contributed by atoms with van der Waals surface area (Å²) in [4.78, 5) is 12.8. The lowest BCUT2D eigenvalue weighted by molar-refractivity contribution is 0.102. The molecule has 132 valence electrons. The molecule has 25 heavy (non-hydrogen) atoms. The molecule has 1 aliphatic heterocycles. The number of nitrogens with one attached hydrogen (secondary N) is 2. The first-order valence-corrected chi connectivity index (χ1v) is 9.28. The third-order valence-corrected chi connectivity index (χ3v) is 5.44. The van der Waals surface area contributed by atoms with Crippen LogP contribution in [-0.2, 0) is 12.8 Å². The van der Waals surface area contributed by atoms with Crippen LogP contribution in [0.4, 0.5) is 5.69 Å². The molecule has 0 radical (unpaired) electrons. The van der Waals surface area contributed by atoms with Crippen LogP contribution in [0.5, 0.6) is 0 Å². The van der Waals surface area contributed by atoms with E-state index in [-0.39, 0.29) is 5.91 Å². The molecular weight excluding hydrogens is 314 g/mol. The van der Waals surface area contributed by atoms with Crippen molar-refractivity contribution in [2.75, 3.05) is 18.4 Å². The predicted octanol–water partition coefficient (Wildman–Crippen LogP) is 2.64. The van der Waals surface area contributed by atoms with Gasteiger partial charge >= 0.3 is 0 Å². The first-order valence-electron chi connectivity index (χ1n) is 9.28. The van der Waals surface area contributed by atoms with Gasteiger partial charge in [-0.2, -0.15) is 0 Å². The molecular formula is C19H25N5O. The number of carbonyl (C=O) groups excluding carboxylic acids is 1. The topological polar surface area (TPSA) is 71.8 Å². The fourth-order valence-corrected chi connectivity index (χ4v) is 4.03. The minimum atomic E-state index is -0.156. The van der Waals surface area contributed by atoms with E-state index in [1.54, 1.807) is 0 Å². The quantitative estimate of drug-likeness (QED) is 0.902. The van der Waals surface area contributed by atoms with E-state index in [1.165, 1.54) is 24.0 Å². The summed E-state index contributed by atoms with van der Waals surface area (Å²) in [5.74, 6) is -0.156. The van der Waals surface area contributed by atoms with E-state index in [0.717, 1.165) is 50.2 Å². The molecule has 1 amide bonds. The number of nitrogens with zero attached hydrogens (tertiary/aromatic N) is 3. The normalized spacial score (nSPS) is 18.0. The summed E-state index contributed by atoms with van der Waals surface area (Å²) in [5, 5.41) is 14.9. The van der Waals surface area contributed by atoms with E-state index in [2.05, 4.69) is 27.0 Å². The van der Waals surface area contributed by atoms with Gasteiger partial charge in [0, 0.05) is 5.69 Å². The van der Waals surface area contributed by atoms with Crippen molar-refractivity contribution in [1.82, 2.24) is 20.3 Å². The average Bonchev–Trinajstić information content (AvgIpc) is 3.04. The van der Waals surface area contributed by atoms with Gasteiger partial charge in [0.15, 0.2) is 5.69 Å². The van der Waals surface area contributed by atoms with Crippen LogP contribution in [0, 0.1) is 6.92 Å². The van der Waals surface area contributed by atoms with Crippen LogP contribution < -0.4 is 10.6 Å². The van der Waals surface area contributed by atoms with Crippen molar-refractivity contribution in [2.24, 2.45) is 0 Å². The van der Waals surface area contributed by atoms with Crippen LogP contribution in [0.1, 0.15) is 59.0 Å². The molecule has 0 bridgehead atoms. The molecule has 1 aromatic heterocycles. The average molecular weight is 339 g/mol. The second kappa shape index (κ2) is 6.96. The first kappa shape index (κ1) is 16.3. The van der Waals surface area contributed by atoms with Gasteiger partial charge in [0.05, 0.1) is 11.7 Å². The molecule has 0 atom stereocenters. The van der Waals surface area contributed by atoms with Gasteiger partial charge in [0.25, 0.3) is 5.91 Å². The Bertz CT molecular complexity index is 776. The van der Waals surface area contributed by atoms with Crippen LogP contribution in [-0.4, -0.2) is 34.0 Å². The number of anilines is 1. The Morgan fingerprint density at radius 3 is 2.88 bits per heavy atom. The molecule has 6 nitrogen and oxygen atoms in total. The first-order chi connectivity index (χ1) is 12.2. The second-order valence-electron chi connectivity index (χ2n) is 7.05. The van der Waals surface area contributed by atoms with Crippen molar-refractivity contribution < 1.29 is 4.79 Å². The number of hydrogen-bond donors (Lipinski definition) is 2. The second-order valence-corrected chi connectivity index (χ2v) is 7.05. The van der Waals surface area contributed by atoms with Crippen LogP contribution >= 0.6 is 0 Å². The summed E-state index contributed by atoms with van der Waals surface area (Å²) in [6.45, 7) is 3.92. The summed E-state index contributed by atoms with van der Waals surface area (Å²) >= 11 is 0. The zero-order valence-corrected chi connectivity index (χ0v) is 14.7. The van der Waals surface area contributed by atoms with Crippen LogP contribution in [0.25, 0.3) is 0 Å². The molecule has 6 heteroatoms. The third-order valence-electron chi connectivity index (χ3n) is 5.44. The number of piperidine rings is 1. The van der Waals surface area contributed by atoms with Crippen molar-refractivity contribution in [3.8, 4) is 0 Å². The molecule has 1 aliphatic carbocycles. The highest BCUT2D eigenvalue weighted by Crippen LogP contribution is 2.28. The Hall–Kier alpha value is -2.21. The maximum Gasteiger partial charge on any atom is 0.278 e. The van der Waals surface area contributed by atoms with E-state index in [9.17, 15) is 4.79 Å². The van der Waals surface area contributed by atoms with Crippen molar-refractivity contribution in [2.45, 2.75) is 51.5 Å². The molecule has 0 unspecified atom stereocenters. The van der Waals surface area contributed by atoms with Gasteiger partial charge in [-0.05, 0) is 75.7 Å². The lowest BCUT2D eigenvalue weighted by Crippen LogP contribution is -2.30. The highest BCUT2D eigenvalue weighted by Gasteiger charge is 2.23. The monoisotopic (exact) mass is 339 g/mol. The zero-order valence-electron chi connectivity index (χ0n) is 14.7. The highest BCUT2D eigenvalue weighted by molar-refractivity contribution is 6.04. The molecule has 2 heterocycles. The maximum atomic E-state index is 12.8. The Labute approximate surface area is 148 Å². The van der Waals surface area contributed by atoms with Crippen molar-refractivity contribution in [3.05, 3.63) is 40.7 Å². The minimum absolute atomic E-state index is 0.156. The van der Waals surface area contributed by atoms with Gasteiger partial charge in [-0.15, -0.1) is 5.10 Å². The van der Waals surface area contributed by atoms with Crippen LogP contribution in [0.15, 0.2) is 18.2 Å². The summed E-state index contributed by atoms with van der Waals surface area (Å²) in [7, 11) is 0. The van der Waals surface area contributed by atoms with Crippen molar-refractivity contribution >= 4 is 11.6 Å². The van der Waals surface area contributed by atoms with Gasteiger partial charge in [0.1, 0.15) is 0 Å². The van der Waals surface area contributed by atoms with Crippen molar-refractivity contribution in [3.63, 3.8) is 0 Å². The summed E-state index contributed by atoms with van der Waals surface area (Å²) in [6, 6.07) is 6.52. The van der Waals surface area contributed by atoms with E-state index in [4.69, 9.17) is 0 Å². The Kier molecular flexibility index (Phi) is 4.53. The van der Waals surface area contributed by atoms with Gasteiger partial charge in [-0.25, -0.2) is 4.68 Å². The van der Waals surface area contributed by atoms with Crippen LogP contribution in [0.2, 0.25) is 0 Å². The lowest BCUT2D eigenvalue weighted by Gasteiger charge is -2.23. The third kappa shape index (κ3) is 3.18. The molecule has 2 aromatic rings. The Morgan fingerprint density at radius 2 is 2.04 bits per heavy atom. The number of hydrogen-bond acceptors (Lipinski definition) is 4. The molecule has 0 saturated carbocycles. The zero-order chi connectivity index (χ0) is 17.2. The van der Waals surface area contributed by atoms with Gasteiger partial charge < -0.3 is 10.6 Å². The van der Waals surface area contributed by atoms with Gasteiger partial charge in [0.2, 0.25) is 0 Å². The number of rotatable bonds is 3. The Morgan fingerprint density at radius 1 is 1.24 bits per heavy atom. The standard InChI is InChI=1S/C19H25N5O/c1-13-18(22-23-24(13)15-9-11-20-12-10-15)19(25)21-17-8-4-6-14-5-2-3-7-16(14)17/h4,6,8,15,20H,2-3,5,7,9-12H2,1H3,(H,21,25). The number of aryl methyl sites for hydroxylation is 1. The number of benzene rings is 1. The summed E-state index contributed by atoms with van der Waals surface area (Å²) in [5.41, 5.74) is 4.86. The number of fused-ring (bicyclic) bond motifs is 1. The van der Waals surface area contributed by atoms with Gasteiger partial charge in [-0.1, -0.05) is 17.3 Å². The number of amides is 1. The molecule has 0 spiro atoms. The van der Waals surface area contributed by atoms with Crippen molar-refractivity contribution in [1.29, 1.82) is 0 Å². The fraction of sp³-hybridized carbons (Fsp3) is 0.526. The minimum Gasteiger partial charge on any atom is -0.320 e.